The summed E-state index contributed by atoms with van der Waals surface area (Å²) in [4.78, 5) is 21.9. The van der Waals surface area contributed by atoms with Crippen molar-refractivity contribution in [3.05, 3.63) is 0 Å². The Labute approximate surface area is 88.4 Å². The maximum Gasteiger partial charge on any atom is 0.253 e. The molecule has 1 unspecified atom stereocenters. The highest BCUT2D eigenvalue weighted by molar-refractivity contribution is 5.87. The number of rotatable bonds is 3. The normalized spacial score (nSPS) is 19.6. The molecule has 1 rings (SSSR count). The van der Waals surface area contributed by atoms with Crippen molar-refractivity contribution in [2.45, 2.75) is 18.9 Å². The van der Waals surface area contributed by atoms with Gasteiger partial charge in [0.2, 0.25) is 5.91 Å². The van der Waals surface area contributed by atoms with Crippen LogP contribution in [0.5, 0.6) is 0 Å². The Morgan fingerprint density at radius 1 is 1.50 bits per heavy atom. The molecule has 0 spiro atoms. The minimum absolute atomic E-state index is 0. The minimum atomic E-state index is -0.397. The quantitative estimate of drug-likeness (QED) is 0.259. The maximum absolute atomic E-state index is 11.3. The summed E-state index contributed by atoms with van der Waals surface area (Å²) in [6.07, 6.45) is 1.83. The van der Waals surface area contributed by atoms with Crippen molar-refractivity contribution in [2.75, 3.05) is 13.1 Å². The molecule has 0 aromatic rings. The van der Waals surface area contributed by atoms with Gasteiger partial charge in [0.1, 0.15) is 0 Å². The molecule has 1 aliphatic rings. The fourth-order valence-electron chi connectivity index (χ4n) is 1.25. The number of hydrogen-bond donors (Lipinski definition) is 4. The van der Waals surface area contributed by atoms with Crippen LogP contribution < -0.4 is 21.9 Å². The zero-order valence-electron chi connectivity index (χ0n) is 7.71. The Hall–Kier alpha value is -0.850. The van der Waals surface area contributed by atoms with E-state index in [1.165, 1.54) is 0 Å². The average Bonchev–Trinajstić information content (AvgIpc) is 2.66. The molecule has 6 nitrogen and oxygen atoms in total. The molecular formula is C7H15ClN4O2. The summed E-state index contributed by atoms with van der Waals surface area (Å²) in [6, 6.07) is -0.148. The molecule has 82 valence electrons. The van der Waals surface area contributed by atoms with E-state index in [0.29, 0.717) is 0 Å². The lowest BCUT2D eigenvalue weighted by molar-refractivity contribution is -0.127. The topological polar surface area (TPSA) is 96.2 Å². The van der Waals surface area contributed by atoms with Gasteiger partial charge >= 0.3 is 0 Å². The van der Waals surface area contributed by atoms with Crippen molar-refractivity contribution in [3.8, 4) is 0 Å². The van der Waals surface area contributed by atoms with Crippen LogP contribution in [-0.2, 0) is 9.59 Å². The van der Waals surface area contributed by atoms with Crippen LogP contribution in [0, 0.1) is 0 Å². The Morgan fingerprint density at radius 2 is 2.21 bits per heavy atom. The molecule has 14 heavy (non-hydrogen) atoms. The number of halogens is 1. The van der Waals surface area contributed by atoms with Crippen molar-refractivity contribution in [3.63, 3.8) is 0 Å². The Kier molecular flexibility index (Phi) is 6.18. The molecule has 0 radical (unpaired) electrons. The molecule has 2 amide bonds. The first kappa shape index (κ1) is 13.2. The summed E-state index contributed by atoms with van der Waals surface area (Å²) in [5.74, 6) is 4.31. The fourth-order valence-corrected chi connectivity index (χ4v) is 1.25. The standard InChI is InChI=1S/C7H14N4O2.ClH/c8-11-6(12)4-10-7(13)5-2-1-3-9-5;/h5,9H,1-4,8H2,(H,10,13)(H,11,12);1H. The van der Waals surface area contributed by atoms with Crippen molar-refractivity contribution in [2.24, 2.45) is 5.84 Å². The van der Waals surface area contributed by atoms with E-state index in [-0.39, 0.29) is 30.9 Å². The molecule has 5 N–H and O–H groups in total. The number of nitrogens with two attached hydrogens (primary N) is 1. The van der Waals surface area contributed by atoms with E-state index in [1.54, 1.807) is 0 Å². The molecular weight excluding hydrogens is 208 g/mol. The highest BCUT2D eigenvalue weighted by atomic mass is 35.5. The summed E-state index contributed by atoms with van der Waals surface area (Å²) >= 11 is 0. The Morgan fingerprint density at radius 3 is 2.71 bits per heavy atom. The van der Waals surface area contributed by atoms with Crippen LogP contribution in [0.1, 0.15) is 12.8 Å². The first-order valence-corrected chi connectivity index (χ1v) is 4.24. The largest absolute Gasteiger partial charge is 0.346 e. The van der Waals surface area contributed by atoms with E-state index in [0.717, 1.165) is 19.4 Å². The van der Waals surface area contributed by atoms with E-state index < -0.39 is 5.91 Å². The van der Waals surface area contributed by atoms with Gasteiger partial charge in [-0.2, -0.15) is 0 Å². The molecule has 1 fully saturated rings. The predicted octanol–water partition coefficient (Wildman–Crippen LogP) is -1.73. The molecule has 0 aromatic heterocycles. The Bertz CT molecular complexity index is 206. The molecule has 1 saturated heterocycles. The molecule has 0 bridgehead atoms. The summed E-state index contributed by atoms with van der Waals surface area (Å²) in [5.41, 5.74) is 1.94. The van der Waals surface area contributed by atoms with Crippen LogP contribution in [0.4, 0.5) is 0 Å². The van der Waals surface area contributed by atoms with Crippen LogP contribution in [0.25, 0.3) is 0 Å². The lowest BCUT2D eigenvalue weighted by atomic mass is 10.2. The molecule has 1 aliphatic heterocycles. The number of nitrogens with one attached hydrogen (secondary N) is 3. The highest BCUT2D eigenvalue weighted by Gasteiger charge is 2.21. The molecule has 0 saturated carbocycles. The van der Waals surface area contributed by atoms with Gasteiger partial charge in [0, 0.05) is 0 Å². The lowest BCUT2D eigenvalue weighted by Gasteiger charge is -2.09. The zero-order chi connectivity index (χ0) is 9.68. The summed E-state index contributed by atoms with van der Waals surface area (Å²) < 4.78 is 0. The summed E-state index contributed by atoms with van der Waals surface area (Å²) in [5, 5.41) is 5.50. The van der Waals surface area contributed by atoms with Gasteiger partial charge in [0.05, 0.1) is 12.6 Å². The number of carbonyl (C=O) groups excluding carboxylic acids is 2. The van der Waals surface area contributed by atoms with Gasteiger partial charge in [-0.05, 0) is 19.4 Å². The smallest absolute Gasteiger partial charge is 0.253 e. The first-order valence-electron chi connectivity index (χ1n) is 4.24. The second-order valence-electron chi connectivity index (χ2n) is 2.93. The molecule has 1 heterocycles. The second-order valence-corrected chi connectivity index (χ2v) is 2.93. The van der Waals surface area contributed by atoms with Gasteiger partial charge in [0.15, 0.2) is 0 Å². The van der Waals surface area contributed by atoms with E-state index in [9.17, 15) is 9.59 Å². The third-order valence-electron chi connectivity index (χ3n) is 1.96. The summed E-state index contributed by atoms with van der Waals surface area (Å²) in [6.45, 7) is 0.800. The van der Waals surface area contributed by atoms with Crippen molar-refractivity contribution >= 4 is 24.2 Å². The van der Waals surface area contributed by atoms with Gasteiger partial charge in [-0.15, -0.1) is 12.4 Å². The van der Waals surface area contributed by atoms with Crippen LogP contribution in [0.15, 0.2) is 0 Å². The Balaban J connectivity index is 0.00000169. The fraction of sp³-hybridized carbons (Fsp3) is 0.714. The van der Waals surface area contributed by atoms with Crippen LogP contribution in [0.3, 0.4) is 0 Å². The van der Waals surface area contributed by atoms with E-state index >= 15 is 0 Å². The van der Waals surface area contributed by atoms with E-state index in [4.69, 9.17) is 5.84 Å². The second kappa shape index (κ2) is 6.58. The van der Waals surface area contributed by atoms with Crippen molar-refractivity contribution in [1.29, 1.82) is 0 Å². The first-order chi connectivity index (χ1) is 6.24. The number of carbonyl (C=O) groups is 2. The number of hydrazine groups is 1. The van der Waals surface area contributed by atoms with Gasteiger partial charge in [-0.25, -0.2) is 5.84 Å². The minimum Gasteiger partial charge on any atom is -0.346 e. The molecule has 0 aromatic carbocycles. The van der Waals surface area contributed by atoms with E-state index in [1.807, 2.05) is 5.43 Å². The third kappa shape index (κ3) is 3.91. The monoisotopic (exact) mass is 222 g/mol. The third-order valence-corrected chi connectivity index (χ3v) is 1.96. The molecule has 1 atom stereocenters. The zero-order valence-corrected chi connectivity index (χ0v) is 8.52. The lowest BCUT2D eigenvalue weighted by Crippen LogP contribution is -2.45. The van der Waals surface area contributed by atoms with Gasteiger partial charge in [0.25, 0.3) is 5.91 Å². The van der Waals surface area contributed by atoms with Gasteiger partial charge in [-0.1, -0.05) is 0 Å². The SMILES string of the molecule is Cl.NNC(=O)CNC(=O)C1CCCN1. The van der Waals surface area contributed by atoms with Crippen molar-refractivity contribution < 1.29 is 9.59 Å². The van der Waals surface area contributed by atoms with Crippen LogP contribution >= 0.6 is 12.4 Å². The van der Waals surface area contributed by atoms with Crippen molar-refractivity contribution in [1.82, 2.24) is 16.1 Å². The summed E-state index contributed by atoms with van der Waals surface area (Å²) in [7, 11) is 0. The number of hydrogen-bond acceptors (Lipinski definition) is 4. The predicted molar refractivity (Wildman–Crippen MR) is 53.6 cm³/mol. The maximum atomic E-state index is 11.3. The highest BCUT2D eigenvalue weighted by Crippen LogP contribution is 2.03. The molecule has 0 aliphatic carbocycles. The average molecular weight is 223 g/mol. The van der Waals surface area contributed by atoms with Crippen LogP contribution in [0.2, 0.25) is 0 Å². The van der Waals surface area contributed by atoms with Crippen LogP contribution in [-0.4, -0.2) is 30.9 Å². The number of amides is 2. The van der Waals surface area contributed by atoms with E-state index in [2.05, 4.69) is 10.6 Å². The van der Waals surface area contributed by atoms with Gasteiger partial charge in [-0.3, -0.25) is 15.0 Å². The molecule has 7 heteroatoms. The van der Waals surface area contributed by atoms with Gasteiger partial charge < -0.3 is 10.6 Å².